The number of hydrogen-bond donors (Lipinski definition) is 4. The van der Waals surface area contributed by atoms with Crippen LogP contribution in [0.2, 0.25) is 0 Å². The number of nitrogens with one attached hydrogen (secondary N) is 3. The van der Waals surface area contributed by atoms with Crippen LogP contribution < -0.4 is 30.0 Å². The summed E-state index contributed by atoms with van der Waals surface area (Å²) in [5.41, 5.74) is 25.6. The lowest BCUT2D eigenvalue weighted by atomic mass is 10.1. The number of rotatable bonds is 22. The quantitative estimate of drug-likeness (QED) is 0.0161. The number of methoxy groups -OCH3 is 6. The van der Waals surface area contributed by atoms with Crippen LogP contribution >= 0.6 is 0 Å². The van der Waals surface area contributed by atoms with Crippen LogP contribution in [-0.4, -0.2) is 140 Å². The van der Waals surface area contributed by atoms with Crippen molar-refractivity contribution in [1.82, 2.24) is 67.8 Å². The topological polar surface area (TPSA) is 415 Å². The zero-order valence-electron chi connectivity index (χ0n) is 78.7. The molecule has 1 amide bonds. The number of ether oxygens (including phenoxy) is 7. The van der Waals surface area contributed by atoms with E-state index >= 15 is 0 Å². The molecule has 0 saturated heterocycles. The average molecular weight is 1860 g/mol. The van der Waals surface area contributed by atoms with E-state index < -0.39 is 11.0 Å². The lowest BCUT2D eigenvalue weighted by Crippen LogP contribution is -2.16. The Labute approximate surface area is 792 Å². The Balaban J connectivity index is 0.000000129. The van der Waals surface area contributed by atoms with E-state index in [1.807, 2.05) is 147 Å². The Morgan fingerprint density at radius 3 is 1.22 bits per heavy atom. The molecule has 8 aromatic carbocycles. The lowest BCUT2D eigenvalue weighted by Gasteiger charge is -2.09. The number of hydrogen-bond acceptors (Lipinski definition) is 23. The third-order valence-corrected chi connectivity index (χ3v) is 23.3. The fraction of sp³-hybridized carbons (Fsp3) is 0.212. The molecule has 0 unspecified atom stereocenters. The molecule has 12 heterocycles. The van der Waals surface area contributed by atoms with E-state index in [0.717, 1.165) is 173 Å². The fourth-order valence-electron chi connectivity index (χ4n) is 16.6. The Morgan fingerprint density at radius 1 is 0.442 bits per heavy atom. The van der Waals surface area contributed by atoms with Gasteiger partial charge in [-0.25, -0.2) is 14.4 Å². The number of carbonyl (C=O) groups is 3. The summed E-state index contributed by atoms with van der Waals surface area (Å²) >= 11 is 0. The van der Waals surface area contributed by atoms with E-state index in [4.69, 9.17) is 52.5 Å². The van der Waals surface area contributed by atoms with E-state index in [0.29, 0.717) is 45.6 Å². The minimum atomic E-state index is -0.675. The SMILES string of the molecule is CCOC(=O)Nc1c(C#N)c2ccc([N+](=O)[O-])cc2n1CC.CCn1c(-c2ccc(N)cc2)c(C#N)c2ccc(OC)cc21.CCn1cc(-c2ccn[nH]2)c2ccc(C(=O)OC)cc21.CCn1cc(-c2ccn[nH]2)c2ccc(OC)cc21.CCn1cc(-c2ccno2)c2ccc(C(=O)OC)cc21.CCn1cc(-c2ccno2)c2ccc(OC)cc21.CCn1cc(-c2ccon2)c2ccc(OC)cc21. The highest BCUT2D eigenvalue weighted by Gasteiger charge is 2.25. The van der Waals surface area contributed by atoms with Crippen LogP contribution in [0.4, 0.5) is 22.0 Å². The van der Waals surface area contributed by atoms with Crippen molar-refractivity contribution in [3.8, 4) is 103 Å². The van der Waals surface area contributed by atoms with Crippen LogP contribution in [0.1, 0.15) is 87.2 Å². The summed E-state index contributed by atoms with van der Waals surface area (Å²) in [4.78, 5) is 45.3. The first-order valence-electron chi connectivity index (χ1n) is 44.5. The van der Waals surface area contributed by atoms with Crippen LogP contribution in [0.15, 0.2) is 258 Å². The van der Waals surface area contributed by atoms with Gasteiger partial charge in [-0.05, 0) is 164 Å². The van der Waals surface area contributed by atoms with Gasteiger partial charge >= 0.3 is 18.0 Å². The second-order valence-electron chi connectivity index (χ2n) is 30.8. The molecule has 0 saturated carbocycles. The number of carbonyl (C=O) groups excluding carboxylic acids is 3. The zero-order valence-corrected chi connectivity index (χ0v) is 78.7. The number of non-ortho nitro benzene ring substituents is 1. The molecule has 20 aromatic rings. The highest BCUT2D eigenvalue weighted by atomic mass is 16.6. The monoisotopic (exact) mass is 1860 g/mol. The summed E-state index contributed by atoms with van der Waals surface area (Å²) in [6, 6.07) is 60.9. The summed E-state index contributed by atoms with van der Waals surface area (Å²) in [6.45, 7) is 21.8. The fourth-order valence-corrected chi connectivity index (χ4v) is 16.6. The molecule has 704 valence electrons. The first-order chi connectivity index (χ1) is 67.2. The second kappa shape index (κ2) is 44.1. The number of nitrogen functional groups attached to an aromatic ring is 1. The second-order valence-corrected chi connectivity index (χ2v) is 30.8. The first-order valence-corrected chi connectivity index (χ1v) is 44.5. The number of nitrogens with two attached hydrogens (primary N) is 1. The molecular formula is C104H103N19O15. The third-order valence-electron chi connectivity index (χ3n) is 23.3. The van der Waals surface area contributed by atoms with Gasteiger partial charge in [-0.3, -0.25) is 25.6 Å². The van der Waals surface area contributed by atoms with E-state index in [9.17, 15) is 35.0 Å². The number of benzene rings is 8. The van der Waals surface area contributed by atoms with Gasteiger partial charge in [0.05, 0.1) is 128 Å². The molecule has 0 aliphatic carbocycles. The largest absolute Gasteiger partial charge is 0.497 e. The van der Waals surface area contributed by atoms with Crippen molar-refractivity contribution in [3.05, 3.63) is 276 Å². The smallest absolute Gasteiger partial charge is 0.412 e. The molecule has 0 bridgehead atoms. The molecule has 34 nitrogen and oxygen atoms in total. The number of fused-ring (bicyclic) bond motifs is 7. The minimum absolute atomic E-state index is 0.0770. The van der Waals surface area contributed by atoms with Gasteiger partial charge in [-0.15, -0.1) is 0 Å². The van der Waals surface area contributed by atoms with Crippen molar-refractivity contribution in [1.29, 1.82) is 10.5 Å². The van der Waals surface area contributed by atoms with E-state index in [1.165, 1.54) is 48.9 Å². The molecule has 138 heavy (non-hydrogen) atoms. The molecule has 12 aromatic heterocycles. The molecule has 0 aliphatic rings. The van der Waals surface area contributed by atoms with Crippen molar-refractivity contribution in [2.75, 3.05) is 60.3 Å². The van der Waals surface area contributed by atoms with Gasteiger partial charge < -0.3 is 84.4 Å². The predicted molar refractivity (Wildman–Crippen MR) is 530 cm³/mol. The van der Waals surface area contributed by atoms with E-state index in [-0.39, 0.29) is 35.6 Å². The summed E-state index contributed by atoms with van der Waals surface area (Å²) in [5, 5.41) is 65.1. The van der Waals surface area contributed by atoms with Crippen LogP contribution in [0.25, 0.3) is 144 Å². The lowest BCUT2D eigenvalue weighted by molar-refractivity contribution is -0.384. The van der Waals surface area contributed by atoms with Crippen LogP contribution in [0.5, 0.6) is 23.0 Å². The predicted octanol–water partition coefficient (Wildman–Crippen LogP) is 22.5. The maximum Gasteiger partial charge on any atom is 0.412 e. The van der Waals surface area contributed by atoms with Crippen molar-refractivity contribution in [2.45, 2.75) is 101 Å². The highest BCUT2D eigenvalue weighted by Crippen LogP contribution is 2.41. The Kier molecular flexibility index (Phi) is 30.8. The van der Waals surface area contributed by atoms with Crippen molar-refractivity contribution < 1.29 is 66.0 Å². The molecule has 20 rings (SSSR count). The zero-order chi connectivity index (χ0) is 97.8. The molecule has 0 aliphatic heterocycles. The number of nitrogens with zero attached hydrogens (tertiary/aromatic N) is 15. The maximum absolute atomic E-state index is 11.6. The molecular weight excluding hydrogens is 1760 g/mol. The van der Waals surface area contributed by atoms with Gasteiger partial charge in [0.1, 0.15) is 58.5 Å². The average Bonchev–Trinajstić information content (AvgIpc) is 1.60. The number of anilines is 2. The number of nitriles is 2. The Bertz CT molecular complexity index is 7310. The summed E-state index contributed by atoms with van der Waals surface area (Å²) in [5.74, 6) is 4.51. The summed E-state index contributed by atoms with van der Waals surface area (Å²) in [7, 11) is 9.46. The number of aromatic amines is 2. The molecule has 0 radical (unpaired) electrons. The number of aryl methyl sites for hydroxylation is 7. The number of nitro groups is 1. The molecule has 0 spiro atoms. The van der Waals surface area contributed by atoms with Gasteiger partial charge in [0.25, 0.3) is 5.69 Å². The van der Waals surface area contributed by atoms with Crippen molar-refractivity contribution in [3.63, 3.8) is 0 Å². The van der Waals surface area contributed by atoms with Crippen molar-refractivity contribution in [2.24, 2.45) is 0 Å². The van der Waals surface area contributed by atoms with Gasteiger partial charge in [-0.2, -0.15) is 20.7 Å². The number of nitro benzene ring substituents is 1. The molecule has 0 atom stereocenters. The molecule has 5 N–H and O–H groups in total. The van der Waals surface area contributed by atoms with Gasteiger partial charge in [0, 0.05) is 226 Å². The van der Waals surface area contributed by atoms with Crippen LogP contribution in [0.3, 0.4) is 0 Å². The number of amides is 1. The standard InChI is InChI=1S/C18H17N3O.C15H15N3O2.C15H14N2O3.C14H14N4O4.C14H15N3O.2C14H14N2O2/c1-3-21-17-10-14(22-2)8-9-15(17)16(11-19)18(21)12-4-6-13(20)7-5-12;1-3-18-9-12(13-6-7-16-17-13)11-5-4-10(8-14(11)18)15(19)20-2;1-3-17-9-12(14-6-7-16-20-14)11-5-4-10(8-13(11)17)15(18)19-2;1-3-17-12-7-9(18(20)21)5-6-10(12)11(8-15)13(17)16-14(19)22-4-2;1-3-17-9-12(13-6-7-15-16-13)11-5-4-10(18-2)8-14(11)17;1-3-16-9-12(14-6-7-15-18-14)11-5-4-10(17-2)8-13(11)16;1-3-16-9-12(13-6-7-18-15-13)11-5-4-10(17-2)8-14(11)16/h4-10H,3,20H2,1-2H3;4-9H,3H2,1-2H3,(H,16,17);4-9H,3H2,1-2H3;5-7H,3-4H2,1-2H3,(H,16,19);4-9H,3H2,1-2H3,(H,15,16);2*4-9H,3H2,1-2H3. The maximum atomic E-state index is 11.6. The first kappa shape index (κ1) is 96.2. The molecule has 0 fully saturated rings. The minimum Gasteiger partial charge on any atom is -0.497 e. The Hall–Kier alpha value is -17.8. The molecule has 34 heteroatoms. The normalized spacial score (nSPS) is 10.8. The van der Waals surface area contributed by atoms with Crippen LogP contribution in [0, 0.1) is 32.8 Å². The van der Waals surface area contributed by atoms with Gasteiger partial charge in [-0.1, -0.05) is 39.7 Å². The van der Waals surface area contributed by atoms with Gasteiger partial charge in [0.2, 0.25) is 0 Å². The Morgan fingerprint density at radius 2 is 0.841 bits per heavy atom. The number of esters is 2. The number of H-pyrrole nitrogens is 2. The number of aromatic nitrogens is 14. The van der Waals surface area contributed by atoms with Crippen molar-refractivity contribution >= 4 is 112 Å². The van der Waals surface area contributed by atoms with E-state index in [1.54, 1.807) is 83.1 Å². The highest BCUT2D eigenvalue weighted by molar-refractivity contribution is 6.04. The summed E-state index contributed by atoms with van der Waals surface area (Å²) in [6.07, 6.45) is 18.1. The van der Waals surface area contributed by atoms with E-state index in [2.05, 4.69) is 165 Å². The van der Waals surface area contributed by atoms with Crippen LogP contribution in [-0.2, 0) is 60.0 Å². The summed E-state index contributed by atoms with van der Waals surface area (Å²) < 4.78 is 65.4. The van der Waals surface area contributed by atoms with Gasteiger partial charge in [0.15, 0.2) is 11.5 Å². The third kappa shape index (κ3) is 20.2.